The Hall–Kier alpha value is -0.0800. The summed E-state index contributed by atoms with van der Waals surface area (Å²) in [6, 6.07) is 0.528. The monoisotopic (exact) mass is 201 g/mol. The summed E-state index contributed by atoms with van der Waals surface area (Å²) >= 11 is 0. The van der Waals surface area contributed by atoms with Gasteiger partial charge in [0, 0.05) is 12.6 Å². The van der Waals surface area contributed by atoms with Crippen LogP contribution in [-0.4, -0.2) is 25.8 Å². The molecule has 86 valence electrons. The molecule has 0 aliphatic heterocycles. The highest BCUT2D eigenvalue weighted by Gasteiger charge is 2.10. The second-order valence-electron chi connectivity index (χ2n) is 5.05. The smallest absolute Gasteiger partial charge is 0.0619 e. The molecule has 0 saturated heterocycles. The minimum atomic E-state index is 0.389. The van der Waals surface area contributed by atoms with Gasteiger partial charge in [-0.3, -0.25) is 0 Å². The molecule has 0 aromatic carbocycles. The molecular weight excluding hydrogens is 174 g/mol. The molecule has 0 aromatic heterocycles. The maximum absolute atomic E-state index is 5.65. The Morgan fingerprint density at radius 3 is 2.29 bits per heavy atom. The lowest BCUT2D eigenvalue weighted by Gasteiger charge is -2.20. The number of likely N-dealkylation sites (N-methyl/N-ethyl adjacent to an activating group) is 1. The van der Waals surface area contributed by atoms with Crippen molar-refractivity contribution in [3.8, 4) is 0 Å². The van der Waals surface area contributed by atoms with Gasteiger partial charge >= 0.3 is 0 Å². The minimum Gasteiger partial charge on any atom is -0.380 e. The van der Waals surface area contributed by atoms with Gasteiger partial charge in [0.2, 0.25) is 0 Å². The molecule has 0 amide bonds. The lowest BCUT2D eigenvalue weighted by atomic mass is 9.93. The van der Waals surface area contributed by atoms with Crippen molar-refractivity contribution in [2.75, 3.05) is 19.8 Å². The van der Waals surface area contributed by atoms with E-state index in [0.29, 0.717) is 11.5 Å². The molecule has 1 atom stereocenters. The third-order valence-electron chi connectivity index (χ3n) is 2.30. The Bertz CT molecular complexity index is 129. The van der Waals surface area contributed by atoms with Crippen LogP contribution in [0, 0.1) is 5.41 Å². The molecule has 0 saturated carbocycles. The summed E-state index contributed by atoms with van der Waals surface area (Å²) in [6.07, 6.45) is 2.28. The fourth-order valence-electron chi connectivity index (χ4n) is 1.21. The van der Waals surface area contributed by atoms with Crippen LogP contribution in [-0.2, 0) is 4.74 Å². The first kappa shape index (κ1) is 13.9. The van der Waals surface area contributed by atoms with Crippen molar-refractivity contribution in [3.63, 3.8) is 0 Å². The summed E-state index contributed by atoms with van der Waals surface area (Å²) in [5, 5.41) is 3.40. The molecule has 2 heteroatoms. The lowest BCUT2D eigenvalue weighted by molar-refractivity contribution is 0.0892. The predicted molar refractivity (Wildman–Crippen MR) is 62.6 cm³/mol. The van der Waals surface area contributed by atoms with Crippen molar-refractivity contribution in [2.45, 2.75) is 53.5 Å². The van der Waals surface area contributed by atoms with Crippen molar-refractivity contribution in [1.29, 1.82) is 0 Å². The second kappa shape index (κ2) is 7.24. The molecule has 0 fully saturated rings. The van der Waals surface area contributed by atoms with Crippen LogP contribution in [0.3, 0.4) is 0 Å². The Kier molecular flexibility index (Phi) is 7.20. The largest absolute Gasteiger partial charge is 0.380 e. The summed E-state index contributed by atoms with van der Waals surface area (Å²) in [6.45, 7) is 13.8. The van der Waals surface area contributed by atoms with E-state index in [-0.39, 0.29) is 0 Å². The minimum absolute atomic E-state index is 0.389. The average molecular weight is 201 g/mol. The second-order valence-corrected chi connectivity index (χ2v) is 5.05. The summed E-state index contributed by atoms with van der Waals surface area (Å²) in [4.78, 5) is 0. The molecule has 0 radical (unpaired) electrons. The summed E-state index contributed by atoms with van der Waals surface area (Å²) in [5.41, 5.74) is 0.389. The number of nitrogens with one attached hydrogen (secondary N) is 1. The van der Waals surface area contributed by atoms with Gasteiger partial charge in [0.05, 0.1) is 6.61 Å². The zero-order valence-corrected chi connectivity index (χ0v) is 10.5. The van der Waals surface area contributed by atoms with E-state index in [1.54, 1.807) is 0 Å². The van der Waals surface area contributed by atoms with Gasteiger partial charge < -0.3 is 10.1 Å². The van der Waals surface area contributed by atoms with Crippen molar-refractivity contribution >= 4 is 0 Å². The lowest BCUT2D eigenvalue weighted by Crippen LogP contribution is -2.33. The molecular formula is C12H27NO. The van der Waals surface area contributed by atoms with E-state index >= 15 is 0 Å². The molecule has 0 heterocycles. The quantitative estimate of drug-likeness (QED) is 0.640. The van der Waals surface area contributed by atoms with Crippen LogP contribution in [0.2, 0.25) is 0 Å². The van der Waals surface area contributed by atoms with Gasteiger partial charge in [-0.05, 0) is 24.8 Å². The molecule has 0 aromatic rings. The summed E-state index contributed by atoms with van der Waals surface area (Å²) < 4.78 is 5.65. The van der Waals surface area contributed by atoms with Crippen molar-refractivity contribution in [1.82, 2.24) is 5.32 Å². The van der Waals surface area contributed by atoms with Crippen molar-refractivity contribution in [2.24, 2.45) is 5.41 Å². The maximum Gasteiger partial charge on any atom is 0.0619 e. The molecule has 0 aliphatic rings. The zero-order chi connectivity index (χ0) is 11.0. The normalized spacial score (nSPS) is 14.4. The van der Waals surface area contributed by atoms with Crippen LogP contribution in [0.25, 0.3) is 0 Å². The van der Waals surface area contributed by atoms with Gasteiger partial charge in [-0.1, -0.05) is 34.6 Å². The van der Waals surface area contributed by atoms with E-state index in [9.17, 15) is 0 Å². The Morgan fingerprint density at radius 1 is 1.21 bits per heavy atom. The first-order valence-electron chi connectivity index (χ1n) is 5.80. The van der Waals surface area contributed by atoms with E-state index in [0.717, 1.165) is 32.6 Å². The van der Waals surface area contributed by atoms with E-state index in [1.165, 1.54) is 0 Å². The van der Waals surface area contributed by atoms with Crippen LogP contribution in [0.5, 0.6) is 0 Å². The number of hydrogen-bond acceptors (Lipinski definition) is 2. The standard InChI is InChI=1S/C12H27NO/c1-6-11(13-7-2)10-14-9-8-12(3,4)5/h11,13H,6-10H2,1-5H3. The first-order chi connectivity index (χ1) is 6.49. The van der Waals surface area contributed by atoms with E-state index < -0.39 is 0 Å². The van der Waals surface area contributed by atoms with Crippen LogP contribution in [0.4, 0.5) is 0 Å². The van der Waals surface area contributed by atoms with Gasteiger partial charge in [0.1, 0.15) is 0 Å². The zero-order valence-electron chi connectivity index (χ0n) is 10.5. The molecule has 1 N–H and O–H groups in total. The van der Waals surface area contributed by atoms with Crippen LogP contribution < -0.4 is 5.32 Å². The van der Waals surface area contributed by atoms with Gasteiger partial charge in [-0.25, -0.2) is 0 Å². The van der Waals surface area contributed by atoms with Crippen LogP contribution in [0.15, 0.2) is 0 Å². The molecule has 14 heavy (non-hydrogen) atoms. The first-order valence-corrected chi connectivity index (χ1v) is 5.80. The van der Waals surface area contributed by atoms with Crippen LogP contribution >= 0.6 is 0 Å². The van der Waals surface area contributed by atoms with Crippen molar-refractivity contribution in [3.05, 3.63) is 0 Å². The fourth-order valence-corrected chi connectivity index (χ4v) is 1.21. The van der Waals surface area contributed by atoms with Gasteiger partial charge in [-0.15, -0.1) is 0 Å². The van der Waals surface area contributed by atoms with Crippen LogP contribution in [0.1, 0.15) is 47.5 Å². The summed E-state index contributed by atoms with van der Waals surface area (Å²) in [5.74, 6) is 0. The topological polar surface area (TPSA) is 21.3 Å². The Balaban J connectivity index is 3.42. The molecule has 0 bridgehead atoms. The number of ether oxygens (including phenoxy) is 1. The predicted octanol–water partition coefficient (Wildman–Crippen LogP) is 2.83. The third kappa shape index (κ3) is 8.52. The average Bonchev–Trinajstić information content (AvgIpc) is 2.08. The molecule has 0 aliphatic carbocycles. The third-order valence-corrected chi connectivity index (χ3v) is 2.30. The number of hydrogen-bond donors (Lipinski definition) is 1. The fraction of sp³-hybridized carbons (Fsp3) is 1.00. The highest BCUT2D eigenvalue weighted by atomic mass is 16.5. The maximum atomic E-state index is 5.65. The molecule has 0 spiro atoms. The molecule has 0 rings (SSSR count). The molecule has 1 unspecified atom stereocenters. The van der Waals surface area contributed by atoms with Crippen molar-refractivity contribution < 1.29 is 4.74 Å². The molecule has 2 nitrogen and oxygen atoms in total. The van der Waals surface area contributed by atoms with Gasteiger partial charge in [0.15, 0.2) is 0 Å². The SMILES string of the molecule is CCNC(CC)COCCC(C)(C)C. The summed E-state index contributed by atoms with van der Waals surface area (Å²) in [7, 11) is 0. The Morgan fingerprint density at radius 2 is 1.86 bits per heavy atom. The highest BCUT2D eigenvalue weighted by Crippen LogP contribution is 2.17. The Labute approximate surface area is 89.4 Å². The van der Waals surface area contributed by atoms with Gasteiger partial charge in [0.25, 0.3) is 0 Å². The number of rotatable bonds is 7. The van der Waals surface area contributed by atoms with E-state index in [4.69, 9.17) is 4.74 Å². The van der Waals surface area contributed by atoms with E-state index in [2.05, 4.69) is 39.9 Å². The highest BCUT2D eigenvalue weighted by molar-refractivity contribution is 4.64. The van der Waals surface area contributed by atoms with E-state index in [1.807, 2.05) is 0 Å². The van der Waals surface area contributed by atoms with Gasteiger partial charge in [-0.2, -0.15) is 0 Å².